The first-order chi connectivity index (χ1) is 11.1. The van der Waals surface area contributed by atoms with Gasteiger partial charge in [-0.2, -0.15) is 0 Å². The van der Waals surface area contributed by atoms with E-state index in [1.807, 2.05) is 20.8 Å². The number of nitrogens with zero attached hydrogens (tertiary/aromatic N) is 3. The summed E-state index contributed by atoms with van der Waals surface area (Å²) >= 11 is 0. The van der Waals surface area contributed by atoms with Crippen molar-refractivity contribution in [3.8, 4) is 0 Å². The van der Waals surface area contributed by atoms with Crippen molar-refractivity contribution in [2.75, 3.05) is 0 Å². The molecule has 1 aliphatic rings. The summed E-state index contributed by atoms with van der Waals surface area (Å²) in [6, 6.07) is 8.61. The van der Waals surface area contributed by atoms with Crippen LogP contribution in [0.4, 0.5) is 0 Å². The molecule has 3 rings (SSSR count). The smallest absolute Gasteiger partial charge is 0.290 e. The van der Waals surface area contributed by atoms with E-state index in [2.05, 4.69) is 39.0 Å². The van der Waals surface area contributed by atoms with Gasteiger partial charge in [-0.15, -0.1) is 10.2 Å². The molecule has 0 bridgehead atoms. The van der Waals surface area contributed by atoms with E-state index in [0.29, 0.717) is 0 Å². The van der Waals surface area contributed by atoms with Crippen LogP contribution in [0.2, 0.25) is 0 Å². The van der Waals surface area contributed by atoms with Crippen LogP contribution >= 0.6 is 0 Å². The quantitative estimate of drug-likeness (QED) is 0.881. The van der Waals surface area contributed by atoms with Crippen molar-refractivity contribution in [3.63, 3.8) is 0 Å². The largest absolute Gasteiger partial charge is 0.483 e. The van der Waals surface area contributed by atoms with Crippen LogP contribution < -0.4 is 0 Å². The van der Waals surface area contributed by atoms with E-state index in [4.69, 9.17) is 14.6 Å². The molecule has 0 fully saturated rings. The molecule has 0 aliphatic carbocycles. The molecule has 0 spiro atoms. The molecule has 1 N–H and O–H groups in total. The highest BCUT2D eigenvalue weighted by Gasteiger charge is 2.22. The van der Waals surface area contributed by atoms with Crippen LogP contribution in [0.3, 0.4) is 0 Å². The van der Waals surface area contributed by atoms with Gasteiger partial charge in [-0.05, 0) is 38.3 Å². The van der Waals surface area contributed by atoms with Gasteiger partial charge in [0.1, 0.15) is 11.9 Å². The van der Waals surface area contributed by atoms with Gasteiger partial charge in [-0.25, -0.2) is 0 Å². The maximum absolute atomic E-state index is 8.36. The van der Waals surface area contributed by atoms with Gasteiger partial charge in [0.25, 0.3) is 6.47 Å². The van der Waals surface area contributed by atoms with Gasteiger partial charge < -0.3 is 14.4 Å². The van der Waals surface area contributed by atoms with Crippen molar-refractivity contribution in [1.82, 2.24) is 14.8 Å². The third kappa shape index (κ3) is 4.16. The van der Waals surface area contributed by atoms with Crippen LogP contribution in [-0.4, -0.2) is 32.4 Å². The van der Waals surface area contributed by atoms with Gasteiger partial charge in [0.15, 0.2) is 5.82 Å². The Morgan fingerprint density at radius 2 is 1.83 bits per heavy atom. The van der Waals surface area contributed by atoms with Crippen LogP contribution in [0, 0.1) is 0 Å². The van der Waals surface area contributed by atoms with E-state index >= 15 is 0 Å². The first-order valence-corrected chi connectivity index (χ1v) is 7.78. The fourth-order valence-electron chi connectivity index (χ4n) is 2.85. The summed E-state index contributed by atoms with van der Waals surface area (Å²) in [5.41, 5.74) is 2.78. The summed E-state index contributed by atoms with van der Waals surface area (Å²) in [4.78, 5) is 8.36. The second-order valence-corrected chi connectivity index (χ2v) is 5.76. The molecular formula is C17H23N3O3. The van der Waals surface area contributed by atoms with Crippen molar-refractivity contribution in [1.29, 1.82) is 0 Å². The molecule has 2 heterocycles. The predicted molar refractivity (Wildman–Crippen MR) is 86.3 cm³/mol. The Morgan fingerprint density at radius 1 is 1.17 bits per heavy atom. The molecule has 6 heteroatoms. The maximum Gasteiger partial charge on any atom is 0.290 e. The third-order valence-electron chi connectivity index (χ3n) is 3.76. The average molecular weight is 317 g/mol. The first-order valence-electron chi connectivity index (χ1n) is 7.78. The number of aryl methyl sites for hydroxylation is 2. The van der Waals surface area contributed by atoms with E-state index in [1.54, 1.807) is 0 Å². The molecule has 1 unspecified atom stereocenters. The van der Waals surface area contributed by atoms with E-state index < -0.39 is 0 Å². The van der Waals surface area contributed by atoms with Gasteiger partial charge >= 0.3 is 0 Å². The number of ether oxygens (including phenoxy) is 1. The fraction of sp³-hybridized carbons (Fsp3) is 0.471. The average Bonchev–Trinajstić information content (AvgIpc) is 2.80. The Morgan fingerprint density at radius 3 is 2.48 bits per heavy atom. The Bertz CT molecular complexity index is 652. The summed E-state index contributed by atoms with van der Waals surface area (Å²) in [6.45, 7) is 6.74. The summed E-state index contributed by atoms with van der Waals surface area (Å²) in [5.74, 6) is 2.00. The maximum atomic E-state index is 8.36. The number of carbonyl (C=O) groups is 1. The molecule has 0 saturated carbocycles. The molecule has 23 heavy (non-hydrogen) atoms. The van der Waals surface area contributed by atoms with Crippen molar-refractivity contribution in [2.45, 2.75) is 52.4 Å². The Labute approximate surface area is 136 Å². The molecule has 1 atom stereocenters. The summed E-state index contributed by atoms with van der Waals surface area (Å²) in [6.07, 6.45) is 2.14. The second kappa shape index (κ2) is 7.87. The minimum atomic E-state index is -0.250. The van der Waals surface area contributed by atoms with Crippen molar-refractivity contribution in [3.05, 3.63) is 47.0 Å². The zero-order valence-electron chi connectivity index (χ0n) is 13.8. The van der Waals surface area contributed by atoms with Crippen LogP contribution in [0.25, 0.3) is 0 Å². The SMILES string of the molecule is CC(C)OC(C)c1nnc2n1Cc1ccccc1CC2.O=CO. The van der Waals surface area contributed by atoms with E-state index in [-0.39, 0.29) is 18.7 Å². The Hall–Kier alpha value is -2.21. The molecule has 124 valence electrons. The molecule has 2 aromatic rings. The minimum Gasteiger partial charge on any atom is -0.483 e. The molecular weight excluding hydrogens is 294 g/mol. The van der Waals surface area contributed by atoms with Crippen molar-refractivity contribution < 1.29 is 14.6 Å². The first kappa shape index (κ1) is 17.1. The highest BCUT2D eigenvalue weighted by atomic mass is 16.5. The summed E-state index contributed by atoms with van der Waals surface area (Å²) < 4.78 is 8.09. The Kier molecular flexibility index (Phi) is 5.87. The monoisotopic (exact) mass is 317 g/mol. The lowest BCUT2D eigenvalue weighted by molar-refractivity contribution is -0.122. The Balaban J connectivity index is 0.000000595. The zero-order valence-corrected chi connectivity index (χ0v) is 13.8. The van der Waals surface area contributed by atoms with Gasteiger partial charge in [-0.3, -0.25) is 4.79 Å². The highest BCUT2D eigenvalue weighted by Crippen LogP contribution is 2.24. The minimum absolute atomic E-state index is 0.0264. The number of fused-ring (bicyclic) bond motifs is 2. The summed E-state index contributed by atoms with van der Waals surface area (Å²) in [5, 5.41) is 15.6. The molecule has 6 nitrogen and oxygen atoms in total. The lowest BCUT2D eigenvalue weighted by Crippen LogP contribution is -2.15. The van der Waals surface area contributed by atoms with Crippen LogP contribution in [0.1, 0.15) is 49.7 Å². The number of hydrogen-bond acceptors (Lipinski definition) is 4. The van der Waals surface area contributed by atoms with Crippen molar-refractivity contribution >= 4 is 6.47 Å². The molecule has 1 aromatic carbocycles. The molecule has 1 aromatic heterocycles. The highest BCUT2D eigenvalue weighted by molar-refractivity contribution is 5.32. The standard InChI is InChI=1S/C16H21N3O.CH2O2/c1-11(2)20-12(3)16-18-17-15-9-8-13-6-4-5-7-14(13)10-19(15)16;2-1-3/h4-7,11-12H,8-10H2,1-3H3;1H,(H,2,3). The molecule has 1 aliphatic heterocycles. The molecule has 0 saturated heterocycles. The van der Waals surface area contributed by atoms with Crippen LogP contribution in [0.15, 0.2) is 24.3 Å². The van der Waals surface area contributed by atoms with Gasteiger partial charge in [0, 0.05) is 6.42 Å². The number of aromatic nitrogens is 3. The third-order valence-corrected chi connectivity index (χ3v) is 3.76. The number of rotatable bonds is 3. The van der Waals surface area contributed by atoms with Gasteiger partial charge in [0.05, 0.1) is 12.6 Å². The van der Waals surface area contributed by atoms with E-state index in [1.165, 1.54) is 11.1 Å². The van der Waals surface area contributed by atoms with E-state index in [0.717, 1.165) is 31.0 Å². The van der Waals surface area contributed by atoms with E-state index in [9.17, 15) is 0 Å². The lowest BCUT2D eigenvalue weighted by Gasteiger charge is -2.17. The summed E-state index contributed by atoms with van der Waals surface area (Å²) in [7, 11) is 0. The number of hydrogen-bond donors (Lipinski definition) is 1. The molecule has 0 radical (unpaired) electrons. The normalized spacial score (nSPS) is 14.1. The molecule has 0 amide bonds. The van der Waals surface area contributed by atoms with Gasteiger partial charge in [0.2, 0.25) is 0 Å². The van der Waals surface area contributed by atoms with Gasteiger partial charge in [-0.1, -0.05) is 24.3 Å². The number of carboxylic acid groups (broad SMARTS) is 1. The lowest BCUT2D eigenvalue weighted by atomic mass is 10.0. The zero-order chi connectivity index (χ0) is 16.8. The predicted octanol–water partition coefficient (Wildman–Crippen LogP) is 2.61. The van der Waals surface area contributed by atoms with Crippen LogP contribution in [0.5, 0.6) is 0 Å². The van der Waals surface area contributed by atoms with Crippen LogP contribution in [-0.2, 0) is 28.9 Å². The second-order valence-electron chi connectivity index (χ2n) is 5.76. The fourth-order valence-corrected chi connectivity index (χ4v) is 2.85. The number of benzene rings is 1. The van der Waals surface area contributed by atoms with Crippen molar-refractivity contribution in [2.24, 2.45) is 0 Å². The topological polar surface area (TPSA) is 77.2 Å².